The number of phosphoric ester groups is 2. The number of carbonyl (C=O) groups excluding carboxylic acids is 4. The van der Waals surface area contributed by atoms with E-state index in [-0.39, 0.29) is 25.7 Å². The number of aliphatic hydroxyl groups excluding tert-OH is 1. The van der Waals surface area contributed by atoms with Crippen LogP contribution >= 0.6 is 15.6 Å². The van der Waals surface area contributed by atoms with Crippen molar-refractivity contribution in [1.29, 1.82) is 0 Å². The first-order valence-corrected chi connectivity index (χ1v) is 37.2. The first-order valence-electron chi connectivity index (χ1n) is 34.2. The molecule has 0 spiro atoms. The molecule has 4 unspecified atom stereocenters. The van der Waals surface area contributed by atoms with E-state index in [1.165, 1.54) is 122 Å². The van der Waals surface area contributed by atoms with Crippen LogP contribution in [-0.4, -0.2) is 96.7 Å². The van der Waals surface area contributed by atoms with Gasteiger partial charge < -0.3 is 33.8 Å². The molecule has 6 atom stereocenters. The molecule has 17 nitrogen and oxygen atoms in total. The van der Waals surface area contributed by atoms with Crippen molar-refractivity contribution in [3.05, 3.63) is 0 Å². The number of rotatable bonds is 63. The van der Waals surface area contributed by atoms with Crippen LogP contribution in [0.4, 0.5) is 0 Å². The Kier molecular flexibility index (Phi) is 54.8. The molecule has 504 valence electrons. The van der Waals surface area contributed by atoms with E-state index in [2.05, 4.69) is 55.4 Å². The molecule has 0 aliphatic rings. The molecule has 0 aromatic heterocycles. The van der Waals surface area contributed by atoms with Gasteiger partial charge in [0.1, 0.15) is 19.3 Å². The molecule has 0 amide bonds. The van der Waals surface area contributed by atoms with E-state index in [9.17, 15) is 43.2 Å². The van der Waals surface area contributed by atoms with Crippen molar-refractivity contribution in [3.8, 4) is 0 Å². The fourth-order valence-electron chi connectivity index (χ4n) is 9.75. The van der Waals surface area contributed by atoms with Crippen molar-refractivity contribution in [1.82, 2.24) is 0 Å². The Bertz CT molecular complexity index is 1700. The molecule has 0 saturated heterocycles. The predicted octanol–water partition coefficient (Wildman–Crippen LogP) is 18.1. The SMILES string of the molecule is CCC(C)CCCCCCCCC(=O)O[C@H](COC(=O)CCCCCCCCCCCCCC(C)C)COP(=O)(O)OCC(O)COP(=O)(O)OC[C@@H](COC(=O)CCCCCCCCCCC(C)C)OC(=O)CCCCCCCCCC(C)C. The second-order valence-electron chi connectivity index (χ2n) is 25.5. The summed E-state index contributed by atoms with van der Waals surface area (Å²) in [7, 11) is -9.89. The lowest BCUT2D eigenvalue weighted by atomic mass is 10.00. The summed E-state index contributed by atoms with van der Waals surface area (Å²) in [6.45, 7) is 14.0. The molecule has 0 radical (unpaired) electrons. The van der Waals surface area contributed by atoms with Gasteiger partial charge in [0.2, 0.25) is 0 Å². The highest BCUT2D eigenvalue weighted by Gasteiger charge is 2.30. The van der Waals surface area contributed by atoms with Crippen LogP contribution < -0.4 is 0 Å². The van der Waals surface area contributed by atoms with Gasteiger partial charge in [-0.3, -0.25) is 37.3 Å². The molecule has 0 rings (SSSR count). The first-order chi connectivity index (χ1) is 40.6. The third-order valence-electron chi connectivity index (χ3n) is 15.4. The third kappa shape index (κ3) is 59.5. The van der Waals surface area contributed by atoms with Gasteiger partial charge in [0.05, 0.1) is 26.4 Å². The standard InChI is InChI=1S/C66H128O17P2/c1-9-59(8)45-37-29-24-25-33-41-49-66(71)83-62(53-76-63(68)46-38-30-21-14-12-10-11-13-18-26-34-42-56(2)3)55-81-85(74,75)79-51-60(67)50-78-84(72,73)80-54-61(82-65(70)48-40-32-23-17-20-28-36-44-58(6)7)52-77-64(69)47-39-31-22-16-15-19-27-35-43-57(4)5/h56-62,67H,9-55H2,1-8H3,(H,72,73)(H,74,75)/t59?,60?,61-,62-/m1/s1. The van der Waals surface area contributed by atoms with Crippen LogP contribution in [-0.2, 0) is 65.4 Å². The molecule has 0 bridgehead atoms. The second kappa shape index (κ2) is 56.1. The molecule has 0 heterocycles. The number of ether oxygens (including phenoxy) is 4. The summed E-state index contributed by atoms with van der Waals surface area (Å²) >= 11 is 0. The minimum absolute atomic E-state index is 0.102. The fourth-order valence-corrected chi connectivity index (χ4v) is 11.3. The van der Waals surface area contributed by atoms with E-state index in [0.717, 1.165) is 108 Å². The molecule has 0 aliphatic carbocycles. The maximum atomic E-state index is 13.0. The Morgan fingerprint density at radius 1 is 0.329 bits per heavy atom. The van der Waals surface area contributed by atoms with Crippen molar-refractivity contribution in [2.75, 3.05) is 39.6 Å². The number of carbonyl (C=O) groups is 4. The van der Waals surface area contributed by atoms with E-state index in [4.69, 9.17) is 37.0 Å². The largest absolute Gasteiger partial charge is 0.472 e. The summed E-state index contributed by atoms with van der Waals surface area (Å²) in [5.74, 6) is 0.773. The van der Waals surface area contributed by atoms with Crippen molar-refractivity contribution in [3.63, 3.8) is 0 Å². The van der Waals surface area contributed by atoms with Gasteiger partial charge in [-0.1, -0.05) is 267 Å². The summed E-state index contributed by atoms with van der Waals surface area (Å²) in [6.07, 6.45) is 36.4. The van der Waals surface area contributed by atoms with Gasteiger partial charge in [-0.2, -0.15) is 0 Å². The smallest absolute Gasteiger partial charge is 0.462 e. The van der Waals surface area contributed by atoms with Gasteiger partial charge in [-0.15, -0.1) is 0 Å². The summed E-state index contributed by atoms with van der Waals surface area (Å²) in [6, 6.07) is 0. The van der Waals surface area contributed by atoms with Gasteiger partial charge in [-0.25, -0.2) is 9.13 Å². The first kappa shape index (κ1) is 83.1. The van der Waals surface area contributed by atoms with Crippen molar-refractivity contribution in [2.45, 2.75) is 337 Å². The predicted molar refractivity (Wildman–Crippen MR) is 340 cm³/mol. The van der Waals surface area contributed by atoms with Gasteiger partial charge in [-0.05, 0) is 49.4 Å². The lowest BCUT2D eigenvalue weighted by molar-refractivity contribution is -0.161. The van der Waals surface area contributed by atoms with Crippen molar-refractivity contribution in [2.24, 2.45) is 23.7 Å². The molecule has 85 heavy (non-hydrogen) atoms. The Hall–Kier alpha value is -1.94. The maximum absolute atomic E-state index is 13.0. The normalized spacial score (nSPS) is 14.7. The number of esters is 4. The minimum atomic E-state index is -4.95. The van der Waals surface area contributed by atoms with Crippen LogP contribution in [0.15, 0.2) is 0 Å². The van der Waals surface area contributed by atoms with Crippen LogP contribution in [0.2, 0.25) is 0 Å². The number of aliphatic hydroxyl groups is 1. The van der Waals surface area contributed by atoms with E-state index in [1.54, 1.807) is 0 Å². The molecular weight excluding hydrogens is 1130 g/mol. The van der Waals surface area contributed by atoms with Gasteiger partial charge >= 0.3 is 39.5 Å². The summed E-state index contributed by atoms with van der Waals surface area (Å²) < 4.78 is 68.1. The average Bonchev–Trinajstić information content (AvgIpc) is 3.46. The van der Waals surface area contributed by atoms with Gasteiger partial charge in [0.15, 0.2) is 12.2 Å². The minimum Gasteiger partial charge on any atom is -0.462 e. The van der Waals surface area contributed by atoms with Gasteiger partial charge in [0.25, 0.3) is 0 Å². The monoisotopic (exact) mass is 1250 g/mol. The maximum Gasteiger partial charge on any atom is 0.472 e. The topological polar surface area (TPSA) is 237 Å². The molecule has 19 heteroatoms. The van der Waals surface area contributed by atoms with E-state index in [1.807, 2.05) is 0 Å². The zero-order valence-corrected chi connectivity index (χ0v) is 57.0. The van der Waals surface area contributed by atoms with E-state index in [0.29, 0.717) is 31.6 Å². The van der Waals surface area contributed by atoms with Crippen molar-refractivity contribution >= 4 is 39.5 Å². The highest BCUT2D eigenvalue weighted by molar-refractivity contribution is 7.47. The van der Waals surface area contributed by atoms with Crippen LogP contribution in [0.3, 0.4) is 0 Å². The Labute approximate surface area is 517 Å². The van der Waals surface area contributed by atoms with Crippen molar-refractivity contribution < 1.29 is 80.2 Å². The van der Waals surface area contributed by atoms with E-state index < -0.39 is 97.5 Å². The highest BCUT2D eigenvalue weighted by Crippen LogP contribution is 2.45. The zero-order valence-electron chi connectivity index (χ0n) is 55.2. The van der Waals surface area contributed by atoms with Crippen LogP contribution in [0.25, 0.3) is 0 Å². The Morgan fingerprint density at radius 2 is 0.565 bits per heavy atom. The number of phosphoric acid groups is 2. The number of unbranched alkanes of at least 4 members (excludes halogenated alkanes) is 28. The summed E-state index contributed by atoms with van der Waals surface area (Å²) in [5, 5.41) is 10.5. The lowest BCUT2D eigenvalue weighted by Crippen LogP contribution is -2.30. The fraction of sp³-hybridized carbons (Fsp3) is 0.939. The molecule has 0 aliphatic heterocycles. The lowest BCUT2D eigenvalue weighted by Gasteiger charge is -2.21. The molecule has 3 N–H and O–H groups in total. The molecule has 0 aromatic carbocycles. The molecule has 0 aromatic rings. The third-order valence-corrected chi connectivity index (χ3v) is 17.3. The quantitative estimate of drug-likeness (QED) is 0.0222. The van der Waals surface area contributed by atoms with Gasteiger partial charge in [0, 0.05) is 25.7 Å². The number of hydrogen-bond donors (Lipinski definition) is 3. The van der Waals surface area contributed by atoms with Crippen LogP contribution in [0, 0.1) is 23.7 Å². The molecule has 0 fully saturated rings. The highest BCUT2D eigenvalue weighted by atomic mass is 31.2. The number of hydrogen-bond acceptors (Lipinski definition) is 15. The molecule has 0 saturated carbocycles. The second-order valence-corrected chi connectivity index (χ2v) is 28.4. The zero-order chi connectivity index (χ0) is 63.2. The van der Waals surface area contributed by atoms with E-state index >= 15 is 0 Å². The Morgan fingerprint density at radius 3 is 0.835 bits per heavy atom. The molecular formula is C66H128O17P2. The van der Waals surface area contributed by atoms with Crippen LogP contribution in [0.1, 0.15) is 319 Å². The summed E-state index contributed by atoms with van der Waals surface area (Å²) in [5.41, 5.74) is 0. The average molecular weight is 1260 g/mol. The Balaban J connectivity index is 5.24. The van der Waals surface area contributed by atoms with Crippen LogP contribution in [0.5, 0.6) is 0 Å². The summed E-state index contributed by atoms with van der Waals surface area (Å²) in [4.78, 5) is 72.3.